The molecule has 0 radical (unpaired) electrons. The van der Waals surface area contributed by atoms with Crippen molar-refractivity contribution in [1.29, 1.82) is 0 Å². The van der Waals surface area contributed by atoms with E-state index >= 15 is 0 Å². The maximum absolute atomic E-state index is 12.2. The van der Waals surface area contributed by atoms with Crippen molar-refractivity contribution in [3.63, 3.8) is 0 Å². The second kappa shape index (κ2) is 12.2. The van der Waals surface area contributed by atoms with Crippen LogP contribution in [-0.2, 0) is 37.9 Å². The quantitative estimate of drug-likeness (QED) is 0.290. The average Bonchev–Trinajstić information content (AvgIpc) is 2.86. The van der Waals surface area contributed by atoms with E-state index in [1.54, 1.807) is 0 Å². The van der Waals surface area contributed by atoms with E-state index < -0.39 is 17.5 Å². The molecule has 0 unspecified atom stereocenters. The van der Waals surface area contributed by atoms with Crippen LogP contribution in [0.15, 0.2) is 78.9 Å². The molecule has 0 aromatic heterocycles. The SMILES string of the molecule is CC(C)c1ccc(COc2ccc(COC(=O)CCC(=O)OC(C)(C)c3ccccc3)cc2)cc1. The fraction of sp³-hybridized carbons (Fsp3) is 0.333. The zero-order chi connectivity index (χ0) is 25.3. The van der Waals surface area contributed by atoms with Gasteiger partial charge >= 0.3 is 11.9 Å². The molecule has 0 aliphatic rings. The smallest absolute Gasteiger partial charge is 0.307 e. The van der Waals surface area contributed by atoms with E-state index in [-0.39, 0.29) is 19.4 Å². The van der Waals surface area contributed by atoms with Gasteiger partial charge in [0, 0.05) is 0 Å². The van der Waals surface area contributed by atoms with Crippen molar-refractivity contribution < 1.29 is 23.8 Å². The number of esters is 2. The van der Waals surface area contributed by atoms with Crippen molar-refractivity contribution in [2.45, 2.75) is 65.3 Å². The molecule has 0 fully saturated rings. The molecule has 0 saturated carbocycles. The fourth-order valence-electron chi connectivity index (χ4n) is 3.52. The van der Waals surface area contributed by atoms with Crippen molar-refractivity contribution in [2.75, 3.05) is 0 Å². The topological polar surface area (TPSA) is 61.8 Å². The average molecular weight is 475 g/mol. The van der Waals surface area contributed by atoms with Gasteiger partial charge in [0.1, 0.15) is 24.6 Å². The third kappa shape index (κ3) is 8.29. The molecule has 184 valence electrons. The van der Waals surface area contributed by atoms with Gasteiger partial charge in [-0.15, -0.1) is 0 Å². The maximum Gasteiger partial charge on any atom is 0.307 e. The minimum atomic E-state index is -0.760. The Hall–Kier alpha value is -3.60. The lowest BCUT2D eigenvalue weighted by molar-refractivity contribution is -0.160. The second-order valence-electron chi connectivity index (χ2n) is 9.34. The first-order valence-corrected chi connectivity index (χ1v) is 12.0. The lowest BCUT2D eigenvalue weighted by Crippen LogP contribution is -2.25. The summed E-state index contributed by atoms with van der Waals surface area (Å²) in [7, 11) is 0. The van der Waals surface area contributed by atoms with Crippen LogP contribution in [0.4, 0.5) is 0 Å². The van der Waals surface area contributed by atoms with Crippen LogP contribution in [-0.4, -0.2) is 11.9 Å². The van der Waals surface area contributed by atoms with Crippen molar-refractivity contribution in [1.82, 2.24) is 0 Å². The fourth-order valence-corrected chi connectivity index (χ4v) is 3.52. The molecule has 3 rings (SSSR count). The van der Waals surface area contributed by atoms with E-state index in [0.29, 0.717) is 12.5 Å². The van der Waals surface area contributed by atoms with E-state index in [9.17, 15) is 9.59 Å². The highest BCUT2D eigenvalue weighted by molar-refractivity contribution is 5.78. The molecule has 0 aliphatic heterocycles. The minimum absolute atomic E-state index is 0.0273. The molecule has 0 N–H and O–H groups in total. The predicted octanol–water partition coefficient (Wildman–Crippen LogP) is 6.69. The summed E-state index contributed by atoms with van der Waals surface area (Å²) in [6, 6.07) is 25.4. The molecule has 0 amide bonds. The molecule has 5 nitrogen and oxygen atoms in total. The molecular weight excluding hydrogens is 440 g/mol. The van der Waals surface area contributed by atoms with Gasteiger partial charge in [0.2, 0.25) is 0 Å². The first kappa shape index (κ1) is 26.0. The van der Waals surface area contributed by atoms with Gasteiger partial charge in [-0.05, 0) is 54.2 Å². The standard InChI is InChI=1S/C30H34O5/c1-22(2)25-14-10-23(11-15-25)20-33-27-16-12-24(13-17-27)21-34-28(31)18-19-29(32)35-30(3,4)26-8-6-5-7-9-26/h5-17,22H,18-21H2,1-4H3. The zero-order valence-corrected chi connectivity index (χ0v) is 21.0. The summed E-state index contributed by atoms with van der Waals surface area (Å²) in [6.45, 7) is 8.63. The van der Waals surface area contributed by atoms with Crippen molar-refractivity contribution in [3.8, 4) is 5.75 Å². The lowest BCUT2D eigenvalue weighted by Gasteiger charge is -2.25. The Bertz CT molecular complexity index is 1080. The van der Waals surface area contributed by atoms with Crippen LogP contribution in [0.3, 0.4) is 0 Å². The number of hydrogen-bond donors (Lipinski definition) is 0. The summed E-state index contributed by atoms with van der Waals surface area (Å²) < 4.78 is 16.7. The Kier molecular flexibility index (Phi) is 9.07. The van der Waals surface area contributed by atoms with Crippen molar-refractivity contribution in [2.24, 2.45) is 0 Å². The van der Waals surface area contributed by atoms with Gasteiger partial charge in [0.25, 0.3) is 0 Å². The Balaban J connectivity index is 1.37. The van der Waals surface area contributed by atoms with Gasteiger partial charge in [-0.3, -0.25) is 9.59 Å². The predicted molar refractivity (Wildman–Crippen MR) is 136 cm³/mol. The highest BCUT2D eigenvalue weighted by Crippen LogP contribution is 2.25. The molecule has 0 bridgehead atoms. The van der Waals surface area contributed by atoms with Gasteiger partial charge in [-0.25, -0.2) is 0 Å². The van der Waals surface area contributed by atoms with E-state index in [4.69, 9.17) is 14.2 Å². The number of carbonyl (C=O) groups is 2. The Labute approximate surface area is 208 Å². The molecule has 0 atom stereocenters. The van der Waals surface area contributed by atoms with Crippen LogP contribution >= 0.6 is 0 Å². The first-order chi connectivity index (χ1) is 16.7. The molecule has 0 spiro atoms. The van der Waals surface area contributed by atoms with Gasteiger partial charge in [0.05, 0.1) is 12.8 Å². The normalized spacial score (nSPS) is 11.2. The minimum Gasteiger partial charge on any atom is -0.489 e. The first-order valence-electron chi connectivity index (χ1n) is 12.0. The van der Waals surface area contributed by atoms with Crippen LogP contribution in [0, 0.1) is 0 Å². The number of carbonyl (C=O) groups excluding carboxylic acids is 2. The number of ether oxygens (including phenoxy) is 3. The Morgan fingerprint density at radius 1 is 0.743 bits per heavy atom. The summed E-state index contributed by atoms with van der Waals surface area (Å²) in [5, 5.41) is 0. The Morgan fingerprint density at radius 3 is 1.94 bits per heavy atom. The summed E-state index contributed by atoms with van der Waals surface area (Å²) in [5.74, 6) is 0.379. The van der Waals surface area contributed by atoms with Gasteiger partial charge in [-0.1, -0.05) is 80.6 Å². The Morgan fingerprint density at radius 2 is 1.31 bits per heavy atom. The summed E-state index contributed by atoms with van der Waals surface area (Å²) in [4.78, 5) is 24.3. The highest BCUT2D eigenvalue weighted by atomic mass is 16.6. The third-order valence-electron chi connectivity index (χ3n) is 5.75. The lowest BCUT2D eigenvalue weighted by atomic mass is 9.98. The third-order valence-corrected chi connectivity index (χ3v) is 5.75. The molecule has 0 heterocycles. The zero-order valence-electron chi connectivity index (χ0n) is 21.0. The van der Waals surface area contributed by atoms with Gasteiger partial charge in [-0.2, -0.15) is 0 Å². The van der Waals surface area contributed by atoms with Crippen LogP contribution in [0.2, 0.25) is 0 Å². The molecule has 0 saturated heterocycles. The van der Waals surface area contributed by atoms with Crippen LogP contribution in [0.5, 0.6) is 5.75 Å². The number of hydrogen-bond acceptors (Lipinski definition) is 5. The van der Waals surface area contributed by atoms with Crippen LogP contribution in [0.1, 0.15) is 68.7 Å². The molecule has 3 aromatic carbocycles. The number of benzene rings is 3. The van der Waals surface area contributed by atoms with E-state index in [1.165, 1.54) is 5.56 Å². The molecule has 5 heteroatoms. The monoisotopic (exact) mass is 474 g/mol. The van der Waals surface area contributed by atoms with Crippen molar-refractivity contribution in [3.05, 3.63) is 101 Å². The van der Waals surface area contributed by atoms with Crippen LogP contribution in [0.25, 0.3) is 0 Å². The molecular formula is C30H34O5. The molecule has 3 aromatic rings. The van der Waals surface area contributed by atoms with E-state index in [0.717, 1.165) is 22.4 Å². The highest BCUT2D eigenvalue weighted by Gasteiger charge is 2.25. The van der Waals surface area contributed by atoms with E-state index in [1.807, 2.05) is 68.4 Å². The largest absolute Gasteiger partial charge is 0.489 e. The molecule has 35 heavy (non-hydrogen) atoms. The summed E-state index contributed by atoms with van der Waals surface area (Å²) in [5.41, 5.74) is 3.40. The van der Waals surface area contributed by atoms with E-state index in [2.05, 4.69) is 38.1 Å². The van der Waals surface area contributed by atoms with Crippen LogP contribution < -0.4 is 4.74 Å². The summed E-state index contributed by atoms with van der Waals surface area (Å²) >= 11 is 0. The van der Waals surface area contributed by atoms with Gasteiger partial charge < -0.3 is 14.2 Å². The van der Waals surface area contributed by atoms with Gasteiger partial charge in [0.15, 0.2) is 0 Å². The molecule has 0 aliphatic carbocycles. The maximum atomic E-state index is 12.2. The summed E-state index contributed by atoms with van der Waals surface area (Å²) in [6.07, 6.45) is -0.0550. The second-order valence-corrected chi connectivity index (χ2v) is 9.34. The van der Waals surface area contributed by atoms with Crippen molar-refractivity contribution >= 4 is 11.9 Å². The number of rotatable bonds is 11.